The van der Waals surface area contributed by atoms with Crippen molar-refractivity contribution >= 4 is 5.91 Å². The number of carbonyl (C=O) groups excluding carboxylic acids is 1. The number of rotatable bonds is 7. The van der Waals surface area contributed by atoms with Gasteiger partial charge in [0, 0.05) is 52.9 Å². The van der Waals surface area contributed by atoms with E-state index in [2.05, 4.69) is 9.80 Å². The lowest BCUT2D eigenvalue weighted by Gasteiger charge is -2.46. The third kappa shape index (κ3) is 5.52. The summed E-state index contributed by atoms with van der Waals surface area (Å²) in [5.41, 5.74) is -0.311. The molecule has 0 aliphatic carbocycles. The lowest BCUT2D eigenvalue weighted by Crippen LogP contribution is -2.64. The molecule has 2 atom stereocenters. The van der Waals surface area contributed by atoms with Crippen molar-refractivity contribution in [2.75, 3.05) is 66.1 Å². The Hall–Kier alpha value is -1.51. The maximum absolute atomic E-state index is 12.7. The normalized spacial score (nSPS) is 27.1. The number of hydrogen-bond donors (Lipinski definition) is 2. The van der Waals surface area contributed by atoms with E-state index in [0.29, 0.717) is 25.9 Å². The monoisotopic (exact) mass is 391 g/mol. The SMILES string of the molecule is COCCN1CCN(C[C@@]2(O)CN(C(=O)Cc3ccccc3)CC[C@@H]2O)CC1. The molecular formula is C21H33N3O4. The van der Waals surface area contributed by atoms with Gasteiger partial charge in [-0.2, -0.15) is 0 Å². The molecule has 156 valence electrons. The van der Waals surface area contributed by atoms with Gasteiger partial charge in [0.1, 0.15) is 5.60 Å². The highest BCUT2D eigenvalue weighted by atomic mass is 16.5. The molecule has 7 heteroatoms. The van der Waals surface area contributed by atoms with Gasteiger partial charge in [-0.3, -0.25) is 14.6 Å². The van der Waals surface area contributed by atoms with Gasteiger partial charge in [0.2, 0.25) is 5.91 Å². The average molecular weight is 392 g/mol. The zero-order valence-electron chi connectivity index (χ0n) is 16.8. The number of piperidine rings is 1. The van der Waals surface area contributed by atoms with Gasteiger partial charge in [-0.15, -0.1) is 0 Å². The van der Waals surface area contributed by atoms with Crippen LogP contribution in [0.15, 0.2) is 30.3 Å². The minimum Gasteiger partial charge on any atom is -0.390 e. The van der Waals surface area contributed by atoms with E-state index in [1.807, 2.05) is 30.3 Å². The number of benzene rings is 1. The van der Waals surface area contributed by atoms with E-state index in [1.54, 1.807) is 12.0 Å². The van der Waals surface area contributed by atoms with Crippen LogP contribution in [0.25, 0.3) is 0 Å². The first-order valence-electron chi connectivity index (χ1n) is 10.2. The highest BCUT2D eigenvalue weighted by Gasteiger charge is 2.43. The molecule has 0 spiro atoms. The number of aliphatic hydroxyl groups is 2. The summed E-state index contributed by atoms with van der Waals surface area (Å²) >= 11 is 0. The van der Waals surface area contributed by atoms with E-state index in [0.717, 1.165) is 44.9 Å². The van der Waals surface area contributed by atoms with Crippen LogP contribution >= 0.6 is 0 Å². The summed E-state index contributed by atoms with van der Waals surface area (Å²) in [6, 6.07) is 9.65. The molecule has 3 rings (SSSR count). The zero-order chi connectivity index (χ0) is 20.0. The Kier molecular flexibility index (Phi) is 7.42. The van der Waals surface area contributed by atoms with Gasteiger partial charge < -0.3 is 19.8 Å². The summed E-state index contributed by atoms with van der Waals surface area (Å²) < 4.78 is 5.13. The number of methoxy groups -OCH3 is 1. The van der Waals surface area contributed by atoms with Crippen LogP contribution in [0.2, 0.25) is 0 Å². The van der Waals surface area contributed by atoms with Crippen LogP contribution in [0.5, 0.6) is 0 Å². The number of amides is 1. The van der Waals surface area contributed by atoms with Gasteiger partial charge in [0.05, 0.1) is 25.7 Å². The topological polar surface area (TPSA) is 76.5 Å². The quantitative estimate of drug-likeness (QED) is 0.672. The molecule has 28 heavy (non-hydrogen) atoms. The molecule has 2 aliphatic heterocycles. The van der Waals surface area contributed by atoms with Crippen LogP contribution in [0.3, 0.4) is 0 Å². The Morgan fingerprint density at radius 1 is 1.14 bits per heavy atom. The van der Waals surface area contributed by atoms with Crippen molar-refractivity contribution in [3.05, 3.63) is 35.9 Å². The smallest absolute Gasteiger partial charge is 0.227 e. The zero-order valence-corrected chi connectivity index (χ0v) is 16.8. The summed E-state index contributed by atoms with van der Waals surface area (Å²) in [7, 11) is 1.71. The van der Waals surface area contributed by atoms with Gasteiger partial charge in [-0.25, -0.2) is 0 Å². The first-order valence-corrected chi connectivity index (χ1v) is 10.2. The minimum atomic E-state index is -1.28. The van der Waals surface area contributed by atoms with Crippen LogP contribution in [-0.2, 0) is 16.0 Å². The standard InChI is InChI=1S/C21H33N3O4/c1-28-14-13-22-9-11-23(12-10-22)16-21(27)17-24(8-7-19(21)25)20(26)15-18-5-3-2-4-6-18/h2-6,19,25,27H,7-17H2,1H3/t19-,21+/m0/s1. The molecule has 1 amide bonds. The van der Waals surface area contributed by atoms with Crippen molar-refractivity contribution < 1.29 is 19.7 Å². The van der Waals surface area contributed by atoms with E-state index in [9.17, 15) is 15.0 Å². The van der Waals surface area contributed by atoms with E-state index in [1.165, 1.54) is 0 Å². The Bertz CT molecular complexity index is 621. The molecule has 0 unspecified atom stereocenters. The molecule has 0 bridgehead atoms. The number of hydrogen-bond acceptors (Lipinski definition) is 6. The summed E-state index contributed by atoms with van der Waals surface area (Å²) in [6.07, 6.45) is -0.0736. The second kappa shape index (κ2) is 9.80. The van der Waals surface area contributed by atoms with Crippen molar-refractivity contribution in [1.29, 1.82) is 0 Å². The van der Waals surface area contributed by atoms with E-state index >= 15 is 0 Å². The van der Waals surface area contributed by atoms with Crippen molar-refractivity contribution in [3.8, 4) is 0 Å². The van der Waals surface area contributed by atoms with Gasteiger partial charge >= 0.3 is 0 Å². The second-order valence-electron chi connectivity index (χ2n) is 8.00. The molecule has 7 nitrogen and oxygen atoms in total. The van der Waals surface area contributed by atoms with E-state index < -0.39 is 11.7 Å². The maximum atomic E-state index is 12.7. The van der Waals surface area contributed by atoms with Crippen LogP contribution in [0, 0.1) is 0 Å². The van der Waals surface area contributed by atoms with Gasteiger partial charge in [0.25, 0.3) is 0 Å². The Morgan fingerprint density at radius 3 is 2.50 bits per heavy atom. The van der Waals surface area contributed by atoms with Crippen molar-refractivity contribution in [2.24, 2.45) is 0 Å². The van der Waals surface area contributed by atoms with Crippen LogP contribution in [0.1, 0.15) is 12.0 Å². The summed E-state index contributed by atoms with van der Waals surface area (Å²) in [4.78, 5) is 18.9. The van der Waals surface area contributed by atoms with E-state index in [4.69, 9.17) is 4.74 Å². The fraction of sp³-hybridized carbons (Fsp3) is 0.667. The highest BCUT2D eigenvalue weighted by Crippen LogP contribution is 2.24. The summed E-state index contributed by atoms with van der Waals surface area (Å²) in [6.45, 7) is 6.23. The number of piperazine rings is 1. The van der Waals surface area contributed by atoms with Crippen LogP contribution in [-0.4, -0.2) is 109 Å². The Labute approximate surface area is 167 Å². The minimum absolute atomic E-state index is 0.000843. The predicted molar refractivity (Wildman–Crippen MR) is 107 cm³/mol. The number of ether oxygens (including phenoxy) is 1. The highest BCUT2D eigenvalue weighted by molar-refractivity contribution is 5.79. The van der Waals surface area contributed by atoms with Gasteiger partial charge in [0.15, 0.2) is 0 Å². The van der Waals surface area contributed by atoms with Crippen LogP contribution < -0.4 is 0 Å². The van der Waals surface area contributed by atoms with Crippen molar-refractivity contribution in [3.63, 3.8) is 0 Å². The fourth-order valence-corrected chi connectivity index (χ4v) is 4.09. The Balaban J connectivity index is 1.53. The van der Waals surface area contributed by atoms with Crippen molar-refractivity contribution in [1.82, 2.24) is 14.7 Å². The van der Waals surface area contributed by atoms with Gasteiger partial charge in [-0.1, -0.05) is 30.3 Å². The fourth-order valence-electron chi connectivity index (χ4n) is 4.09. The molecule has 2 heterocycles. The molecule has 1 aromatic rings. The molecule has 2 saturated heterocycles. The van der Waals surface area contributed by atoms with Gasteiger partial charge in [-0.05, 0) is 12.0 Å². The molecule has 0 radical (unpaired) electrons. The second-order valence-corrected chi connectivity index (χ2v) is 8.00. The number of nitrogens with zero attached hydrogens (tertiary/aromatic N) is 3. The average Bonchev–Trinajstić information content (AvgIpc) is 2.70. The van der Waals surface area contributed by atoms with Crippen LogP contribution in [0.4, 0.5) is 0 Å². The van der Waals surface area contributed by atoms with Crippen molar-refractivity contribution in [2.45, 2.75) is 24.5 Å². The summed E-state index contributed by atoms with van der Waals surface area (Å²) in [5.74, 6) is 0.000843. The molecule has 2 N–H and O–H groups in total. The number of β-amino-alcohol motifs (C(OH)–C–C–N with tert-alkyl or cyclic N) is 1. The third-order valence-electron chi connectivity index (χ3n) is 5.88. The number of carbonyl (C=O) groups is 1. The van der Waals surface area contributed by atoms with E-state index in [-0.39, 0.29) is 12.5 Å². The first-order chi connectivity index (χ1) is 13.5. The lowest BCUT2D eigenvalue weighted by atomic mass is 9.88. The largest absolute Gasteiger partial charge is 0.390 e. The molecule has 0 saturated carbocycles. The number of likely N-dealkylation sites (tertiary alicyclic amines) is 1. The molecule has 2 fully saturated rings. The number of aliphatic hydroxyl groups excluding tert-OH is 1. The third-order valence-corrected chi connectivity index (χ3v) is 5.88. The molecular weight excluding hydrogens is 358 g/mol. The lowest BCUT2D eigenvalue weighted by molar-refractivity contribution is -0.156. The molecule has 2 aliphatic rings. The first kappa shape index (κ1) is 21.2. The Morgan fingerprint density at radius 2 is 1.82 bits per heavy atom. The maximum Gasteiger partial charge on any atom is 0.227 e. The predicted octanol–water partition coefficient (Wildman–Crippen LogP) is -0.183. The summed E-state index contributed by atoms with van der Waals surface area (Å²) in [5, 5.41) is 21.6. The molecule has 1 aromatic carbocycles. The molecule has 0 aromatic heterocycles.